The van der Waals surface area contributed by atoms with Crippen LogP contribution in [0, 0.1) is 11.3 Å². The quantitative estimate of drug-likeness (QED) is 0.773. The number of likely N-dealkylation sites (tertiary alicyclic amines) is 1. The molecule has 2 N–H and O–H groups in total. The molecule has 2 aliphatic heterocycles. The lowest BCUT2D eigenvalue weighted by molar-refractivity contribution is -0.148. The van der Waals surface area contributed by atoms with E-state index in [0.717, 1.165) is 45.3 Å². The van der Waals surface area contributed by atoms with Crippen LogP contribution in [0.25, 0.3) is 0 Å². The number of hydrogen-bond acceptors (Lipinski definition) is 3. The maximum atomic E-state index is 12.7. The molecule has 2 saturated heterocycles. The zero-order valence-corrected chi connectivity index (χ0v) is 11.6. The van der Waals surface area contributed by atoms with Crippen LogP contribution in [0.2, 0.25) is 0 Å². The highest BCUT2D eigenvalue weighted by molar-refractivity contribution is 5.83. The zero-order valence-electron chi connectivity index (χ0n) is 11.6. The van der Waals surface area contributed by atoms with E-state index in [4.69, 9.17) is 0 Å². The van der Waals surface area contributed by atoms with E-state index in [9.17, 15) is 9.90 Å². The summed E-state index contributed by atoms with van der Waals surface area (Å²) in [6.07, 6.45) is 3.36. The first-order valence-corrected chi connectivity index (χ1v) is 7.27. The van der Waals surface area contributed by atoms with Crippen LogP contribution >= 0.6 is 0 Å². The van der Waals surface area contributed by atoms with E-state index in [2.05, 4.69) is 19.2 Å². The van der Waals surface area contributed by atoms with Gasteiger partial charge in [0.05, 0.1) is 11.5 Å². The Morgan fingerprint density at radius 2 is 2.11 bits per heavy atom. The van der Waals surface area contributed by atoms with Crippen molar-refractivity contribution in [3.63, 3.8) is 0 Å². The van der Waals surface area contributed by atoms with E-state index in [1.165, 1.54) is 0 Å². The first-order valence-electron chi connectivity index (χ1n) is 7.27. The summed E-state index contributed by atoms with van der Waals surface area (Å²) in [4.78, 5) is 14.6. The first kappa shape index (κ1) is 13.8. The van der Waals surface area contributed by atoms with Crippen molar-refractivity contribution < 1.29 is 9.90 Å². The van der Waals surface area contributed by atoms with E-state index >= 15 is 0 Å². The highest BCUT2D eigenvalue weighted by atomic mass is 16.3. The summed E-state index contributed by atoms with van der Waals surface area (Å²) in [5, 5.41) is 13.3. The van der Waals surface area contributed by atoms with E-state index in [1.54, 1.807) is 0 Å². The molecule has 4 heteroatoms. The number of amides is 1. The molecule has 104 valence electrons. The number of aliphatic hydroxyl groups is 1. The Hall–Kier alpha value is -0.610. The average molecular weight is 254 g/mol. The second-order valence-electron chi connectivity index (χ2n) is 5.97. The molecule has 0 saturated carbocycles. The van der Waals surface area contributed by atoms with Crippen molar-refractivity contribution in [2.24, 2.45) is 11.3 Å². The fourth-order valence-corrected chi connectivity index (χ4v) is 3.19. The molecule has 1 amide bonds. The van der Waals surface area contributed by atoms with Crippen LogP contribution in [0.4, 0.5) is 0 Å². The highest BCUT2D eigenvalue weighted by Gasteiger charge is 2.42. The molecule has 0 aliphatic carbocycles. The molecule has 2 heterocycles. The van der Waals surface area contributed by atoms with Gasteiger partial charge in [0.15, 0.2) is 0 Å². The van der Waals surface area contributed by atoms with Gasteiger partial charge in [-0.3, -0.25) is 4.79 Å². The van der Waals surface area contributed by atoms with Crippen molar-refractivity contribution in [3.05, 3.63) is 0 Å². The summed E-state index contributed by atoms with van der Waals surface area (Å²) < 4.78 is 0. The number of aliphatic hydroxyl groups excluding tert-OH is 1. The van der Waals surface area contributed by atoms with Gasteiger partial charge < -0.3 is 15.3 Å². The van der Waals surface area contributed by atoms with Gasteiger partial charge in [0.2, 0.25) is 5.91 Å². The molecular formula is C14H26N2O2. The van der Waals surface area contributed by atoms with Crippen molar-refractivity contribution in [2.45, 2.75) is 45.6 Å². The lowest BCUT2D eigenvalue weighted by atomic mass is 9.75. The van der Waals surface area contributed by atoms with Gasteiger partial charge in [0.1, 0.15) is 0 Å². The standard InChI is InChI=1S/C14H26N2O2/c1-3-14(5-7-15-8-6-14)13(18)16-9-4-11(2)12(17)10-16/h11-12,15,17H,3-10H2,1-2H3. The van der Waals surface area contributed by atoms with Crippen molar-refractivity contribution in [1.82, 2.24) is 10.2 Å². The molecule has 0 spiro atoms. The minimum Gasteiger partial charge on any atom is -0.391 e. The Balaban J connectivity index is 2.05. The summed E-state index contributed by atoms with van der Waals surface area (Å²) in [5.74, 6) is 0.595. The third-order valence-corrected chi connectivity index (χ3v) is 4.90. The molecule has 2 aliphatic rings. The van der Waals surface area contributed by atoms with E-state index < -0.39 is 0 Å². The maximum Gasteiger partial charge on any atom is 0.228 e. The minimum atomic E-state index is -0.349. The van der Waals surface area contributed by atoms with Gasteiger partial charge in [-0.05, 0) is 44.7 Å². The number of nitrogens with one attached hydrogen (secondary N) is 1. The molecule has 2 rings (SSSR count). The zero-order chi connectivity index (χ0) is 13.2. The number of piperidine rings is 2. The lowest BCUT2D eigenvalue weighted by Crippen LogP contribution is -2.53. The summed E-state index contributed by atoms with van der Waals surface area (Å²) in [6.45, 7) is 7.39. The van der Waals surface area contributed by atoms with Gasteiger partial charge in [-0.15, -0.1) is 0 Å². The summed E-state index contributed by atoms with van der Waals surface area (Å²) >= 11 is 0. The fraction of sp³-hybridized carbons (Fsp3) is 0.929. The van der Waals surface area contributed by atoms with Gasteiger partial charge in [0.25, 0.3) is 0 Å². The molecule has 0 aromatic rings. The number of nitrogens with zero attached hydrogens (tertiary/aromatic N) is 1. The van der Waals surface area contributed by atoms with Crippen LogP contribution in [-0.2, 0) is 4.79 Å². The molecule has 2 fully saturated rings. The van der Waals surface area contributed by atoms with E-state index in [0.29, 0.717) is 12.5 Å². The van der Waals surface area contributed by atoms with Gasteiger partial charge in [-0.2, -0.15) is 0 Å². The smallest absolute Gasteiger partial charge is 0.228 e. The van der Waals surface area contributed by atoms with Crippen LogP contribution < -0.4 is 5.32 Å². The topological polar surface area (TPSA) is 52.6 Å². The third-order valence-electron chi connectivity index (χ3n) is 4.90. The molecule has 0 bridgehead atoms. The number of rotatable bonds is 2. The molecule has 2 atom stereocenters. The van der Waals surface area contributed by atoms with Gasteiger partial charge in [0, 0.05) is 13.1 Å². The fourth-order valence-electron chi connectivity index (χ4n) is 3.19. The molecule has 2 unspecified atom stereocenters. The maximum absolute atomic E-state index is 12.7. The van der Waals surface area contributed by atoms with Crippen LogP contribution in [0.3, 0.4) is 0 Å². The molecule has 4 nitrogen and oxygen atoms in total. The largest absolute Gasteiger partial charge is 0.391 e. The Kier molecular flexibility index (Phi) is 4.28. The van der Waals surface area contributed by atoms with Crippen molar-refractivity contribution in [2.75, 3.05) is 26.2 Å². The number of hydrogen-bond donors (Lipinski definition) is 2. The van der Waals surface area contributed by atoms with Crippen molar-refractivity contribution in [1.29, 1.82) is 0 Å². The van der Waals surface area contributed by atoms with Crippen LogP contribution in [0.15, 0.2) is 0 Å². The van der Waals surface area contributed by atoms with Crippen molar-refractivity contribution >= 4 is 5.91 Å². The van der Waals surface area contributed by atoms with Crippen molar-refractivity contribution in [3.8, 4) is 0 Å². The Labute approximate surface area is 110 Å². The van der Waals surface area contributed by atoms with E-state index in [1.807, 2.05) is 4.90 Å². The normalized spacial score (nSPS) is 32.3. The van der Waals surface area contributed by atoms with Crippen LogP contribution in [-0.4, -0.2) is 48.2 Å². The average Bonchev–Trinajstić information content (AvgIpc) is 2.42. The number of carbonyl (C=O) groups excluding carboxylic acids is 1. The predicted octanol–water partition coefficient (Wildman–Crippen LogP) is 0.996. The highest BCUT2D eigenvalue weighted by Crippen LogP contribution is 2.35. The second-order valence-corrected chi connectivity index (χ2v) is 5.97. The minimum absolute atomic E-state index is 0.175. The van der Waals surface area contributed by atoms with Gasteiger partial charge in [-0.1, -0.05) is 13.8 Å². The summed E-state index contributed by atoms with van der Waals surface area (Å²) in [7, 11) is 0. The van der Waals surface area contributed by atoms with Crippen LogP contribution in [0.1, 0.15) is 39.5 Å². The molecule has 0 radical (unpaired) electrons. The van der Waals surface area contributed by atoms with E-state index in [-0.39, 0.29) is 17.4 Å². The molecule has 18 heavy (non-hydrogen) atoms. The summed E-state index contributed by atoms with van der Waals surface area (Å²) in [6, 6.07) is 0. The Bertz CT molecular complexity index is 300. The number of carbonyl (C=O) groups is 1. The third kappa shape index (κ3) is 2.54. The van der Waals surface area contributed by atoms with Crippen LogP contribution in [0.5, 0.6) is 0 Å². The monoisotopic (exact) mass is 254 g/mol. The first-order chi connectivity index (χ1) is 8.59. The molecule has 0 aromatic heterocycles. The predicted molar refractivity (Wildman–Crippen MR) is 71.2 cm³/mol. The van der Waals surface area contributed by atoms with Gasteiger partial charge in [-0.25, -0.2) is 0 Å². The van der Waals surface area contributed by atoms with Gasteiger partial charge >= 0.3 is 0 Å². The molecule has 0 aromatic carbocycles. The lowest BCUT2D eigenvalue weighted by Gasteiger charge is -2.42. The Morgan fingerprint density at radius 1 is 1.44 bits per heavy atom. The summed E-state index contributed by atoms with van der Waals surface area (Å²) in [5.41, 5.74) is -0.175. The number of β-amino-alcohol motifs (C(OH)–C–C–N with tert-alkyl or cyclic N) is 1. The SMILES string of the molecule is CCC1(C(=O)N2CCC(C)C(O)C2)CCNCC1. The Morgan fingerprint density at radius 3 is 2.67 bits per heavy atom. The second kappa shape index (κ2) is 5.57. The molecular weight excluding hydrogens is 228 g/mol.